The Morgan fingerprint density at radius 2 is 1.80 bits per heavy atom. The van der Waals surface area contributed by atoms with E-state index in [1.165, 1.54) is 0 Å². The maximum absolute atomic E-state index is 13.1. The van der Waals surface area contributed by atoms with E-state index in [1.54, 1.807) is 47.1 Å². The third kappa shape index (κ3) is 6.81. The first-order valence-electron chi connectivity index (χ1n) is 18.5. The molecule has 4 aromatic heterocycles. The predicted octanol–water partition coefficient (Wildman–Crippen LogP) is 4.75. The zero-order chi connectivity index (χ0) is 39.1. The van der Waals surface area contributed by atoms with Crippen LogP contribution in [-0.4, -0.2) is 68.6 Å². The molecule has 0 bridgehead atoms. The lowest BCUT2D eigenvalue weighted by Crippen LogP contribution is -2.39. The van der Waals surface area contributed by atoms with Crippen molar-refractivity contribution < 1.29 is 23.5 Å². The number of fused-ring (bicyclic) bond motifs is 2. The first kappa shape index (κ1) is 36.4. The normalized spacial score (nSPS) is 16.1. The van der Waals surface area contributed by atoms with Crippen molar-refractivity contribution in [2.75, 3.05) is 31.7 Å². The van der Waals surface area contributed by atoms with Crippen LogP contribution in [0.3, 0.4) is 0 Å². The van der Waals surface area contributed by atoms with Gasteiger partial charge in [0.25, 0.3) is 5.91 Å². The average molecular weight is 753 g/mol. The highest BCUT2D eigenvalue weighted by Crippen LogP contribution is 2.37. The van der Waals surface area contributed by atoms with E-state index in [0.717, 1.165) is 51.6 Å². The number of piperidine rings is 1. The van der Waals surface area contributed by atoms with Crippen LogP contribution in [0.25, 0.3) is 33.3 Å². The lowest BCUT2D eigenvalue weighted by atomic mass is 9.90. The van der Waals surface area contributed by atoms with E-state index in [0.29, 0.717) is 47.9 Å². The summed E-state index contributed by atoms with van der Waals surface area (Å²) in [6, 6.07) is 11.5. The van der Waals surface area contributed by atoms with Crippen LogP contribution >= 0.6 is 0 Å². The maximum Gasteiger partial charge on any atom is 0.328 e. The Kier molecular flexibility index (Phi) is 9.69. The number of anilines is 2. The smallest absolute Gasteiger partial charge is 0.328 e. The van der Waals surface area contributed by atoms with Crippen molar-refractivity contribution >= 4 is 51.2 Å². The van der Waals surface area contributed by atoms with Gasteiger partial charge in [0.15, 0.2) is 5.82 Å². The summed E-state index contributed by atoms with van der Waals surface area (Å²) in [5.41, 5.74) is 8.08. The molecule has 6 heterocycles. The molecule has 14 heteroatoms. The summed E-state index contributed by atoms with van der Waals surface area (Å²) in [4.78, 5) is 65.9. The number of carbonyl (C=O) groups is 3. The van der Waals surface area contributed by atoms with E-state index in [-0.39, 0.29) is 48.0 Å². The number of nitrogens with one attached hydrogen (secondary N) is 2. The summed E-state index contributed by atoms with van der Waals surface area (Å²) in [5.74, 6) is 5.53. The average Bonchev–Trinajstić information content (AvgIpc) is 3.73. The number of aryl methyl sites for hydroxylation is 3. The summed E-state index contributed by atoms with van der Waals surface area (Å²) < 4.78 is 14.7. The molecule has 56 heavy (non-hydrogen) atoms. The molecule has 14 nitrogen and oxygen atoms in total. The van der Waals surface area contributed by atoms with Crippen LogP contribution in [0, 0.1) is 18.8 Å². The molecule has 1 atom stereocenters. The second-order valence-electron chi connectivity index (χ2n) is 14.3. The third-order valence-electron chi connectivity index (χ3n) is 10.8. The first-order valence-corrected chi connectivity index (χ1v) is 18.5. The number of carbonyl (C=O) groups excluding carboxylic acids is 3. The lowest BCUT2D eigenvalue weighted by Gasteiger charge is -2.26. The van der Waals surface area contributed by atoms with Crippen LogP contribution in [0.5, 0.6) is 0 Å². The van der Waals surface area contributed by atoms with E-state index < -0.39 is 5.92 Å². The van der Waals surface area contributed by atoms with Crippen LogP contribution in [0.15, 0.2) is 70.5 Å². The van der Waals surface area contributed by atoms with Gasteiger partial charge in [-0.3, -0.25) is 38.8 Å². The maximum atomic E-state index is 13.1. The Labute approximate surface area is 321 Å². The minimum atomic E-state index is -0.469. The van der Waals surface area contributed by atoms with Crippen molar-refractivity contribution in [3.63, 3.8) is 0 Å². The van der Waals surface area contributed by atoms with Gasteiger partial charge in [0, 0.05) is 74.7 Å². The summed E-state index contributed by atoms with van der Waals surface area (Å²) in [6.45, 7) is 3.29. The molecule has 0 aliphatic carbocycles. The molecule has 2 fully saturated rings. The van der Waals surface area contributed by atoms with Crippen molar-refractivity contribution in [1.82, 2.24) is 34.7 Å². The zero-order valence-corrected chi connectivity index (χ0v) is 31.5. The summed E-state index contributed by atoms with van der Waals surface area (Å²) in [7, 11) is 5.55. The summed E-state index contributed by atoms with van der Waals surface area (Å²) in [6.07, 6.45) is 9.03. The number of ether oxygens (including phenoxy) is 1. The predicted molar refractivity (Wildman–Crippen MR) is 210 cm³/mol. The zero-order valence-electron chi connectivity index (χ0n) is 31.5. The fourth-order valence-corrected chi connectivity index (χ4v) is 7.65. The van der Waals surface area contributed by atoms with E-state index in [2.05, 4.69) is 38.5 Å². The Balaban J connectivity index is 0.937. The molecule has 2 aliphatic rings. The number of aromatic nitrogens is 5. The van der Waals surface area contributed by atoms with Crippen LogP contribution < -0.4 is 21.2 Å². The monoisotopic (exact) mass is 752 g/mol. The molecule has 2 saturated heterocycles. The van der Waals surface area contributed by atoms with Crippen LogP contribution in [0.1, 0.15) is 70.3 Å². The van der Waals surface area contributed by atoms with Gasteiger partial charge in [0.1, 0.15) is 11.3 Å². The number of amides is 3. The largest absolute Gasteiger partial charge is 0.464 e. The Morgan fingerprint density at radius 3 is 2.55 bits per heavy atom. The topological polar surface area (TPSA) is 166 Å². The fourth-order valence-electron chi connectivity index (χ4n) is 7.65. The standard InChI is InChI=1S/C42H40N8O6/c1-24-16-27(20-46-38(24)41(53)43-13-5-6-25-7-9-35-31(17-25)32(23-56-35)29-8-10-37(51)47-40(29)52)33-21-45-36(22-44-33)48(2)28-18-30(26-11-14-55-15-12-26)39-34(19-28)49(3)42(54)50(39)4/h7,9,16-23,26,29H,8,10-15H2,1-4H3,(H,43,53)(H,47,51,52). The minimum Gasteiger partial charge on any atom is -0.464 e. The highest BCUT2D eigenvalue weighted by Gasteiger charge is 2.30. The number of benzene rings is 2. The molecule has 0 spiro atoms. The van der Waals surface area contributed by atoms with E-state index in [4.69, 9.17) is 14.1 Å². The lowest BCUT2D eigenvalue weighted by molar-refractivity contribution is -0.134. The van der Waals surface area contributed by atoms with E-state index in [9.17, 15) is 19.2 Å². The van der Waals surface area contributed by atoms with Crippen molar-refractivity contribution in [3.8, 4) is 23.1 Å². The third-order valence-corrected chi connectivity index (χ3v) is 10.8. The number of hydrogen-bond donors (Lipinski definition) is 2. The van der Waals surface area contributed by atoms with Gasteiger partial charge in [-0.15, -0.1) is 0 Å². The number of furan rings is 1. The van der Waals surface area contributed by atoms with Gasteiger partial charge in [-0.1, -0.05) is 11.8 Å². The van der Waals surface area contributed by atoms with Crippen LogP contribution in [0.4, 0.5) is 11.5 Å². The number of nitrogens with zero attached hydrogens (tertiary/aromatic N) is 6. The number of imidazole rings is 1. The molecule has 0 saturated carbocycles. The molecule has 0 radical (unpaired) electrons. The van der Waals surface area contributed by atoms with Gasteiger partial charge >= 0.3 is 5.69 Å². The van der Waals surface area contributed by atoms with Gasteiger partial charge in [-0.25, -0.2) is 9.78 Å². The minimum absolute atomic E-state index is 0.0669. The summed E-state index contributed by atoms with van der Waals surface area (Å²) >= 11 is 0. The molecule has 6 aromatic rings. The molecule has 1 unspecified atom stereocenters. The highest BCUT2D eigenvalue weighted by atomic mass is 16.5. The first-order chi connectivity index (χ1) is 27.1. The molecule has 284 valence electrons. The molecular weight excluding hydrogens is 713 g/mol. The number of imide groups is 1. The van der Waals surface area contributed by atoms with E-state index >= 15 is 0 Å². The number of pyridine rings is 1. The molecule has 2 N–H and O–H groups in total. The van der Waals surface area contributed by atoms with Crippen molar-refractivity contribution in [1.29, 1.82) is 0 Å². The van der Waals surface area contributed by atoms with Crippen LogP contribution in [0.2, 0.25) is 0 Å². The Hall–Kier alpha value is -6.59. The Bertz CT molecular complexity index is 2660. The molecular formula is C42H40N8O6. The van der Waals surface area contributed by atoms with Crippen molar-refractivity contribution in [2.24, 2.45) is 14.1 Å². The highest BCUT2D eigenvalue weighted by molar-refractivity contribution is 6.03. The van der Waals surface area contributed by atoms with Gasteiger partial charge in [0.2, 0.25) is 11.8 Å². The molecule has 2 aromatic carbocycles. The van der Waals surface area contributed by atoms with Crippen molar-refractivity contribution in [3.05, 3.63) is 99.7 Å². The van der Waals surface area contributed by atoms with Gasteiger partial charge in [0.05, 0.1) is 47.8 Å². The Morgan fingerprint density at radius 1 is 0.982 bits per heavy atom. The number of rotatable bonds is 7. The molecule has 8 rings (SSSR count). The van der Waals surface area contributed by atoms with E-state index in [1.807, 2.05) is 50.2 Å². The molecule has 2 aliphatic heterocycles. The van der Waals surface area contributed by atoms with Gasteiger partial charge in [-0.05, 0) is 79.6 Å². The van der Waals surface area contributed by atoms with Crippen LogP contribution in [-0.2, 0) is 28.4 Å². The number of hydrogen-bond acceptors (Lipinski definition) is 10. The van der Waals surface area contributed by atoms with Crippen molar-refractivity contribution in [2.45, 2.75) is 44.4 Å². The quantitative estimate of drug-likeness (QED) is 0.172. The van der Waals surface area contributed by atoms with Gasteiger partial charge in [-0.2, -0.15) is 0 Å². The summed E-state index contributed by atoms with van der Waals surface area (Å²) in [5, 5.41) is 5.97. The second-order valence-corrected chi connectivity index (χ2v) is 14.3. The van der Waals surface area contributed by atoms with Gasteiger partial charge < -0.3 is 19.4 Å². The SMILES string of the molecule is Cc1cc(-c2cnc(N(C)c3cc(C4CCOCC4)c4c(c3)n(C)c(=O)n4C)cn2)cnc1C(=O)NCC#Cc1ccc2occ(C3CCC(=O)NC3=O)c2c1. The fraction of sp³-hybridized carbons (Fsp3) is 0.310. The second kappa shape index (κ2) is 14.9. The molecule has 3 amide bonds.